The fourth-order valence-corrected chi connectivity index (χ4v) is 5.00. The summed E-state index contributed by atoms with van der Waals surface area (Å²) >= 11 is 0. The molecule has 0 bridgehead atoms. The zero-order chi connectivity index (χ0) is 26.3. The third-order valence-electron chi connectivity index (χ3n) is 7.63. The van der Waals surface area contributed by atoms with Crippen LogP contribution in [0.4, 0.5) is 0 Å². The van der Waals surface area contributed by atoms with E-state index in [9.17, 15) is 14.7 Å². The minimum absolute atomic E-state index is 0.118. The summed E-state index contributed by atoms with van der Waals surface area (Å²) in [5.74, 6) is 0.420. The number of aliphatic carboxylic acids is 1. The van der Waals surface area contributed by atoms with Gasteiger partial charge in [-0.25, -0.2) is 4.98 Å². The first-order valence-electron chi connectivity index (χ1n) is 12.9. The number of carboxylic acids is 1. The normalized spacial score (nSPS) is 15.1. The summed E-state index contributed by atoms with van der Waals surface area (Å²) in [4.78, 5) is 29.5. The molecule has 37 heavy (non-hydrogen) atoms. The highest BCUT2D eigenvalue weighted by molar-refractivity contribution is 5.97. The van der Waals surface area contributed by atoms with Crippen molar-refractivity contribution in [2.75, 3.05) is 0 Å². The van der Waals surface area contributed by atoms with Crippen LogP contribution >= 0.6 is 0 Å². The molecule has 0 aliphatic heterocycles. The molecule has 0 saturated heterocycles. The number of amides is 1. The monoisotopic (exact) mass is 495 g/mol. The molecule has 0 spiro atoms. The Morgan fingerprint density at radius 3 is 2.35 bits per heavy atom. The largest absolute Gasteiger partial charge is 0.481 e. The van der Waals surface area contributed by atoms with Crippen LogP contribution in [0, 0.1) is 6.92 Å². The van der Waals surface area contributed by atoms with E-state index in [1.807, 2.05) is 68.4 Å². The molecule has 1 heterocycles. The Balaban J connectivity index is 1.36. The minimum atomic E-state index is -0.746. The number of carbonyl (C=O) groups excluding carboxylic acids is 1. The molecule has 1 aliphatic rings. The van der Waals surface area contributed by atoms with Gasteiger partial charge in [-0.1, -0.05) is 62.4 Å². The number of fused-ring (bicyclic) bond motifs is 1. The lowest BCUT2D eigenvalue weighted by atomic mass is 9.95. The number of nitrogens with zero attached hydrogens (tertiary/aromatic N) is 2. The maximum atomic E-state index is 13.2. The molecular formula is C31H33N3O3. The average molecular weight is 496 g/mol. The topological polar surface area (TPSA) is 84.2 Å². The predicted molar refractivity (Wildman–Crippen MR) is 145 cm³/mol. The second kappa shape index (κ2) is 9.51. The highest BCUT2D eigenvalue weighted by Gasteiger charge is 2.51. The van der Waals surface area contributed by atoms with Crippen molar-refractivity contribution in [1.29, 1.82) is 0 Å². The molecule has 190 valence electrons. The molecule has 3 aromatic carbocycles. The van der Waals surface area contributed by atoms with Crippen molar-refractivity contribution in [1.82, 2.24) is 14.9 Å². The first-order chi connectivity index (χ1) is 17.7. The fraction of sp³-hybridized carbons (Fsp3) is 0.323. The van der Waals surface area contributed by atoms with Crippen molar-refractivity contribution < 1.29 is 14.7 Å². The molecule has 5 rings (SSSR count). The molecule has 4 aromatic rings. The SMILES string of the molecule is Cc1nc2ccc(C(=O)N[C@@H](C)c3cccc(C(C)C)c3)cc2n1Cc1ccc(C2(C(=O)O)CC2)cc1. The molecule has 1 amide bonds. The van der Waals surface area contributed by atoms with Gasteiger partial charge >= 0.3 is 5.97 Å². The minimum Gasteiger partial charge on any atom is -0.481 e. The van der Waals surface area contributed by atoms with Gasteiger partial charge in [0.25, 0.3) is 5.91 Å². The Bertz CT molecular complexity index is 1480. The zero-order valence-electron chi connectivity index (χ0n) is 21.8. The van der Waals surface area contributed by atoms with E-state index in [-0.39, 0.29) is 11.9 Å². The third kappa shape index (κ3) is 4.76. The lowest BCUT2D eigenvalue weighted by molar-refractivity contribution is -0.140. The summed E-state index contributed by atoms with van der Waals surface area (Å²) in [6, 6.07) is 21.7. The standard InChI is InChI=1S/C31H33N3O3/c1-19(2)23-6-5-7-24(16-23)20(3)32-29(35)25-10-13-27-28(17-25)34(21(4)33-27)18-22-8-11-26(12-9-22)31(14-15-31)30(36)37/h5-13,16-17,19-20H,14-15,18H2,1-4H3,(H,32,35)(H,36,37)/t20-/m0/s1. The summed E-state index contributed by atoms with van der Waals surface area (Å²) in [5.41, 5.74) is 5.88. The van der Waals surface area contributed by atoms with Gasteiger partial charge in [0.05, 0.1) is 22.5 Å². The summed E-state index contributed by atoms with van der Waals surface area (Å²) in [7, 11) is 0. The number of aryl methyl sites for hydroxylation is 1. The number of aromatic nitrogens is 2. The Labute approximate surface area is 217 Å². The maximum absolute atomic E-state index is 13.2. The lowest BCUT2D eigenvalue weighted by Crippen LogP contribution is -2.26. The van der Waals surface area contributed by atoms with E-state index in [4.69, 9.17) is 0 Å². The highest BCUT2D eigenvalue weighted by Crippen LogP contribution is 2.48. The average Bonchev–Trinajstić information content (AvgIpc) is 3.64. The van der Waals surface area contributed by atoms with Crippen LogP contribution < -0.4 is 5.32 Å². The van der Waals surface area contributed by atoms with Gasteiger partial charge in [-0.15, -0.1) is 0 Å². The molecule has 2 N–H and O–H groups in total. The second-order valence-electron chi connectivity index (χ2n) is 10.6. The number of imidazole rings is 1. The van der Waals surface area contributed by atoms with Crippen LogP contribution in [0.15, 0.2) is 66.7 Å². The summed E-state index contributed by atoms with van der Waals surface area (Å²) < 4.78 is 2.10. The Morgan fingerprint density at radius 2 is 1.70 bits per heavy atom. The molecular weight excluding hydrogens is 462 g/mol. The highest BCUT2D eigenvalue weighted by atomic mass is 16.4. The van der Waals surface area contributed by atoms with Gasteiger partial charge in [0, 0.05) is 12.1 Å². The van der Waals surface area contributed by atoms with E-state index in [0.717, 1.165) is 33.5 Å². The lowest BCUT2D eigenvalue weighted by Gasteiger charge is -2.17. The molecule has 1 saturated carbocycles. The van der Waals surface area contributed by atoms with Gasteiger partial charge in [-0.05, 0) is 73.1 Å². The number of nitrogens with one attached hydrogen (secondary N) is 1. The summed E-state index contributed by atoms with van der Waals surface area (Å²) in [6.07, 6.45) is 1.39. The number of hydrogen-bond donors (Lipinski definition) is 2. The number of carboxylic acid groups (broad SMARTS) is 1. The van der Waals surface area contributed by atoms with E-state index in [2.05, 4.69) is 40.8 Å². The van der Waals surface area contributed by atoms with Crippen LogP contribution in [0.25, 0.3) is 11.0 Å². The second-order valence-corrected chi connectivity index (χ2v) is 10.6. The molecule has 6 heteroatoms. The molecule has 0 radical (unpaired) electrons. The van der Waals surface area contributed by atoms with E-state index >= 15 is 0 Å². The van der Waals surface area contributed by atoms with Crippen LogP contribution in [0.2, 0.25) is 0 Å². The maximum Gasteiger partial charge on any atom is 0.314 e. The van der Waals surface area contributed by atoms with E-state index in [0.29, 0.717) is 30.9 Å². The molecule has 1 aliphatic carbocycles. The molecule has 1 aromatic heterocycles. The summed E-state index contributed by atoms with van der Waals surface area (Å²) in [5, 5.41) is 12.7. The van der Waals surface area contributed by atoms with Gasteiger partial charge in [-0.2, -0.15) is 0 Å². The van der Waals surface area contributed by atoms with Gasteiger partial charge in [-0.3, -0.25) is 9.59 Å². The van der Waals surface area contributed by atoms with Gasteiger partial charge < -0.3 is 15.0 Å². The van der Waals surface area contributed by atoms with Gasteiger partial charge in [0.15, 0.2) is 0 Å². The Kier molecular flexibility index (Phi) is 6.36. The first-order valence-corrected chi connectivity index (χ1v) is 12.9. The van der Waals surface area contributed by atoms with Crippen molar-refractivity contribution in [3.63, 3.8) is 0 Å². The quantitative estimate of drug-likeness (QED) is 0.308. The number of benzene rings is 3. The van der Waals surface area contributed by atoms with Crippen molar-refractivity contribution in [3.8, 4) is 0 Å². The number of carbonyl (C=O) groups is 2. The van der Waals surface area contributed by atoms with Crippen LogP contribution in [0.1, 0.15) is 84.0 Å². The number of hydrogen-bond acceptors (Lipinski definition) is 3. The van der Waals surface area contributed by atoms with Crippen LogP contribution in [-0.2, 0) is 16.8 Å². The van der Waals surface area contributed by atoms with Crippen molar-refractivity contribution in [2.45, 2.75) is 64.5 Å². The van der Waals surface area contributed by atoms with E-state index in [1.165, 1.54) is 5.56 Å². The molecule has 1 fully saturated rings. The Hall–Kier alpha value is -3.93. The Morgan fingerprint density at radius 1 is 1.00 bits per heavy atom. The summed E-state index contributed by atoms with van der Waals surface area (Å²) in [6.45, 7) is 8.88. The van der Waals surface area contributed by atoms with Crippen LogP contribution in [0.3, 0.4) is 0 Å². The fourth-order valence-electron chi connectivity index (χ4n) is 5.00. The smallest absolute Gasteiger partial charge is 0.314 e. The van der Waals surface area contributed by atoms with Crippen LogP contribution in [-0.4, -0.2) is 26.5 Å². The first kappa shape index (κ1) is 24.8. The third-order valence-corrected chi connectivity index (χ3v) is 7.63. The van der Waals surface area contributed by atoms with Gasteiger partial charge in [0.1, 0.15) is 5.82 Å². The van der Waals surface area contributed by atoms with E-state index in [1.54, 1.807) is 0 Å². The van der Waals surface area contributed by atoms with Gasteiger partial charge in [0.2, 0.25) is 0 Å². The predicted octanol–water partition coefficient (Wildman–Crippen LogP) is 6.12. The molecule has 0 unspecified atom stereocenters. The van der Waals surface area contributed by atoms with Crippen LogP contribution in [0.5, 0.6) is 0 Å². The van der Waals surface area contributed by atoms with Crippen molar-refractivity contribution in [2.24, 2.45) is 0 Å². The molecule has 6 nitrogen and oxygen atoms in total. The number of rotatable bonds is 8. The van der Waals surface area contributed by atoms with Crippen molar-refractivity contribution >= 4 is 22.9 Å². The van der Waals surface area contributed by atoms with E-state index < -0.39 is 11.4 Å². The zero-order valence-corrected chi connectivity index (χ0v) is 21.8. The van der Waals surface area contributed by atoms with Crippen molar-refractivity contribution in [3.05, 3.63) is 100 Å². The molecule has 1 atom stereocenters.